The van der Waals surface area contributed by atoms with E-state index in [0.717, 1.165) is 24.2 Å². The highest BCUT2D eigenvalue weighted by atomic mass is 16.1. The fourth-order valence-corrected chi connectivity index (χ4v) is 3.54. The molecule has 1 atom stereocenters. The van der Waals surface area contributed by atoms with Gasteiger partial charge in [0.15, 0.2) is 5.78 Å². The molecular formula is C17H24N2O. The van der Waals surface area contributed by atoms with Gasteiger partial charge in [-0.3, -0.25) is 14.6 Å². The summed E-state index contributed by atoms with van der Waals surface area (Å²) in [6.45, 7) is 7.21. The second-order valence-electron chi connectivity index (χ2n) is 6.21. The van der Waals surface area contributed by atoms with Crippen molar-refractivity contribution in [2.45, 2.75) is 32.2 Å². The van der Waals surface area contributed by atoms with Gasteiger partial charge in [-0.15, -0.1) is 0 Å². The van der Waals surface area contributed by atoms with E-state index in [9.17, 15) is 4.79 Å². The highest BCUT2D eigenvalue weighted by Gasteiger charge is 2.29. The van der Waals surface area contributed by atoms with Crippen LogP contribution in [0, 0.1) is 6.92 Å². The minimum Gasteiger partial charge on any atom is -0.299 e. The van der Waals surface area contributed by atoms with Crippen LogP contribution in [0.15, 0.2) is 24.3 Å². The number of carbonyl (C=O) groups excluding carboxylic acids is 1. The van der Waals surface area contributed by atoms with Crippen molar-refractivity contribution in [2.24, 2.45) is 0 Å². The lowest BCUT2D eigenvalue weighted by Crippen LogP contribution is -2.38. The highest BCUT2D eigenvalue weighted by molar-refractivity contribution is 5.97. The maximum Gasteiger partial charge on any atom is 0.176 e. The van der Waals surface area contributed by atoms with Gasteiger partial charge in [0.05, 0.1) is 6.54 Å². The van der Waals surface area contributed by atoms with Crippen LogP contribution in [0.5, 0.6) is 0 Å². The molecule has 2 aliphatic rings. The normalized spacial score (nSPS) is 24.4. The minimum atomic E-state index is 0.264. The van der Waals surface area contributed by atoms with E-state index in [-0.39, 0.29) is 5.78 Å². The molecule has 108 valence electrons. The van der Waals surface area contributed by atoms with Gasteiger partial charge >= 0.3 is 0 Å². The number of Topliss-reactive ketones (excluding diaryl/α,β-unsaturated/α-hetero) is 1. The molecule has 0 aliphatic carbocycles. The fraction of sp³-hybridized carbons (Fsp3) is 0.588. The summed E-state index contributed by atoms with van der Waals surface area (Å²) in [6.07, 6.45) is 3.82. The summed E-state index contributed by atoms with van der Waals surface area (Å²) in [7, 11) is 0. The van der Waals surface area contributed by atoms with E-state index < -0.39 is 0 Å². The Morgan fingerprint density at radius 1 is 1.25 bits per heavy atom. The van der Waals surface area contributed by atoms with Crippen LogP contribution in [-0.4, -0.2) is 54.3 Å². The number of fused-ring (bicyclic) bond motifs is 1. The highest BCUT2D eigenvalue weighted by Crippen LogP contribution is 2.21. The van der Waals surface area contributed by atoms with E-state index in [1.165, 1.54) is 32.4 Å². The van der Waals surface area contributed by atoms with Crippen molar-refractivity contribution in [3.05, 3.63) is 35.4 Å². The average Bonchev–Trinajstić information content (AvgIpc) is 2.78. The Morgan fingerprint density at radius 3 is 2.95 bits per heavy atom. The van der Waals surface area contributed by atoms with Crippen molar-refractivity contribution in [1.29, 1.82) is 0 Å². The van der Waals surface area contributed by atoms with Gasteiger partial charge in [-0.25, -0.2) is 0 Å². The standard InChI is InChI=1S/C17H24N2O/c1-14-5-2-6-15(11-14)17(20)13-18-8-4-10-19-9-3-7-16(19)12-18/h2,5-6,11,16H,3-4,7-10,12-13H2,1H3. The quantitative estimate of drug-likeness (QED) is 0.789. The molecule has 2 heterocycles. The first-order valence-corrected chi connectivity index (χ1v) is 7.78. The lowest BCUT2D eigenvalue weighted by Gasteiger charge is -2.25. The monoisotopic (exact) mass is 272 g/mol. The van der Waals surface area contributed by atoms with Gasteiger partial charge in [-0.2, -0.15) is 0 Å². The Labute approximate surface area is 121 Å². The van der Waals surface area contributed by atoms with Crippen molar-refractivity contribution in [1.82, 2.24) is 9.80 Å². The summed E-state index contributed by atoms with van der Waals surface area (Å²) in [5.41, 5.74) is 2.02. The molecule has 3 nitrogen and oxygen atoms in total. The summed E-state index contributed by atoms with van der Waals surface area (Å²) in [6, 6.07) is 8.64. The van der Waals surface area contributed by atoms with Crippen LogP contribution in [0.4, 0.5) is 0 Å². The molecule has 20 heavy (non-hydrogen) atoms. The first-order valence-electron chi connectivity index (χ1n) is 7.78. The molecule has 0 amide bonds. The third kappa shape index (κ3) is 3.10. The second-order valence-corrected chi connectivity index (χ2v) is 6.21. The minimum absolute atomic E-state index is 0.264. The van der Waals surface area contributed by atoms with Gasteiger partial charge in [0, 0.05) is 18.2 Å². The fourth-order valence-electron chi connectivity index (χ4n) is 3.54. The number of benzene rings is 1. The Hall–Kier alpha value is -1.19. The number of nitrogens with zero attached hydrogens (tertiary/aromatic N) is 2. The van der Waals surface area contributed by atoms with E-state index in [1.807, 2.05) is 31.2 Å². The van der Waals surface area contributed by atoms with Gasteiger partial charge in [0.1, 0.15) is 0 Å². The summed E-state index contributed by atoms with van der Waals surface area (Å²) < 4.78 is 0. The van der Waals surface area contributed by atoms with E-state index in [0.29, 0.717) is 12.6 Å². The van der Waals surface area contributed by atoms with Crippen LogP contribution in [0.2, 0.25) is 0 Å². The van der Waals surface area contributed by atoms with Crippen LogP contribution in [-0.2, 0) is 0 Å². The van der Waals surface area contributed by atoms with Crippen LogP contribution >= 0.6 is 0 Å². The topological polar surface area (TPSA) is 23.6 Å². The van der Waals surface area contributed by atoms with Crippen LogP contribution in [0.3, 0.4) is 0 Å². The summed E-state index contributed by atoms with van der Waals surface area (Å²) in [5, 5.41) is 0. The zero-order valence-corrected chi connectivity index (χ0v) is 12.3. The average molecular weight is 272 g/mol. The van der Waals surface area contributed by atoms with Crippen LogP contribution in [0.25, 0.3) is 0 Å². The second kappa shape index (κ2) is 6.06. The predicted molar refractivity (Wildman–Crippen MR) is 81.2 cm³/mol. The van der Waals surface area contributed by atoms with E-state index >= 15 is 0 Å². The molecule has 3 heteroatoms. The lowest BCUT2D eigenvalue weighted by molar-refractivity contribution is 0.0925. The van der Waals surface area contributed by atoms with Crippen LogP contribution < -0.4 is 0 Å². The van der Waals surface area contributed by atoms with Gasteiger partial charge < -0.3 is 0 Å². The number of hydrogen-bond donors (Lipinski definition) is 0. The molecule has 1 unspecified atom stereocenters. The Morgan fingerprint density at radius 2 is 2.10 bits per heavy atom. The number of rotatable bonds is 3. The lowest BCUT2D eigenvalue weighted by atomic mass is 10.1. The third-order valence-electron chi connectivity index (χ3n) is 4.59. The van der Waals surface area contributed by atoms with Crippen molar-refractivity contribution < 1.29 is 4.79 Å². The molecule has 2 saturated heterocycles. The zero-order valence-electron chi connectivity index (χ0n) is 12.3. The first-order chi connectivity index (χ1) is 9.72. The zero-order chi connectivity index (χ0) is 13.9. The van der Waals surface area contributed by atoms with Gasteiger partial charge in [0.25, 0.3) is 0 Å². The van der Waals surface area contributed by atoms with E-state index in [1.54, 1.807) is 0 Å². The molecule has 0 N–H and O–H groups in total. The van der Waals surface area contributed by atoms with Crippen LogP contribution in [0.1, 0.15) is 35.2 Å². The smallest absolute Gasteiger partial charge is 0.176 e. The maximum absolute atomic E-state index is 12.4. The van der Waals surface area contributed by atoms with Crippen molar-refractivity contribution in [3.8, 4) is 0 Å². The number of carbonyl (C=O) groups is 1. The van der Waals surface area contributed by atoms with Crippen molar-refractivity contribution >= 4 is 5.78 Å². The van der Waals surface area contributed by atoms with Crippen molar-refractivity contribution in [2.75, 3.05) is 32.7 Å². The third-order valence-corrected chi connectivity index (χ3v) is 4.59. The Bertz CT molecular complexity index is 486. The SMILES string of the molecule is Cc1cccc(C(=O)CN2CCCN3CCCC3C2)c1. The van der Waals surface area contributed by atoms with Gasteiger partial charge in [-0.05, 0) is 51.9 Å². The molecule has 1 aromatic rings. The predicted octanol–water partition coefficient (Wildman–Crippen LogP) is 2.35. The van der Waals surface area contributed by atoms with Crippen molar-refractivity contribution in [3.63, 3.8) is 0 Å². The molecule has 0 bridgehead atoms. The number of aryl methyl sites for hydroxylation is 1. The summed E-state index contributed by atoms with van der Waals surface area (Å²) >= 11 is 0. The molecule has 0 saturated carbocycles. The largest absolute Gasteiger partial charge is 0.299 e. The molecule has 0 aromatic heterocycles. The summed E-state index contributed by atoms with van der Waals surface area (Å²) in [5.74, 6) is 0.264. The molecule has 0 spiro atoms. The molecule has 3 rings (SSSR count). The van der Waals surface area contributed by atoms with E-state index in [2.05, 4.69) is 9.80 Å². The van der Waals surface area contributed by atoms with Gasteiger partial charge in [0.2, 0.25) is 0 Å². The Kier molecular flexibility index (Phi) is 4.18. The summed E-state index contributed by atoms with van der Waals surface area (Å²) in [4.78, 5) is 17.4. The van der Waals surface area contributed by atoms with Gasteiger partial charge in [-0.1, -0.05) is 23.8 Å². The first kappa shape index (κ1) is 13.8. The van der Waals surface area contributed by atoms with E-state index in [4.69, 9.17) is 0 Å². The number of ketones is 1. The molecular weight excluding hydrogens is 248 g/mol. The number of hydrogen-bond acceptors (Lipinski definition) is 3. The molecule has 0 radical (unpaired) electrons. The maximum atomic E-state index is 12.4. The molecule has 2 fully saturated rings. The molecule has 2 aliphatic heterocycles. The Balaban J connectivity index is 1.63. The molecule has 1 aromatic carbocycles.